The highest BCUT2D eigenvalue weighted by atomic mass is 16.5. The second kappa shape index (κ2) is 11.3. The smallest absolute Gasteiger partial charge is 0.253 e. The van der Waals surface area contributed by atoms with Gasteiger partial charge in [0.25, 0.3) is 5.91 Å². The average Bonchev–Trinajstić information content (AvgIpc) is 3.03. The fraction of sp³-hybridized carbons (Fsp3) is 0.500. The molecule has 168 valence electrons. The molecular weight excluding hydrogens is 386 g/mol. The Morgan fingerprint density at radius 1 is 0.968 bits per heavy atom. The highest BCUT2D eigenvalue weighted by molar-refractivity contribution is 5.94. The molecule has 5 nitrogen and oxygen atoms in total. The molecular formula is C26H37N3O2. The monoisotopic (exact) mass is 423 g/mol. The summed E-state index contributed by atoms with van der Waals surface area (Å²) in [7, 11) is 1.69. The maximum atomic E-state index is 13.1. The summed E-state index contributed by atoms with van der Waals surface area (Å²) in [6.45, 7) is 13.0. The maximum absolute atomic E-state index is 13.1. The van der Waals surface area contributed by atoms with E-state index in [1.54, 1.807) is 7.11 Å². The molecule has 1 heterocycles. The lowest BCUT2D eigenvalue weighted by molar-refractivity contribution is 0.0761. The van der Waals surface area contributed by atoms with E-state index in [1.165, 1.54) is 11.1 Å². The van der Waals surface area contributed by atoms with Crippen molar-refractivity contribution in [2.24, 2.45) is 0 Å². The van der Waals surface area contributed by atoms with Gasteiger partial charge in [0.05, 0.1) is 7.11 Å². The summed E-state index contributed by atoms with van der Waals surface area (Å²) in [6, 6.07) is 17.0. The van der Waals surface area contributed by atoms with Gasteiger partial charge in [0.1, 0.15) is 5.75 Å². The molecule has 2 aromatic carbocycles. The average molecular weight is 424 g/mol. The predicted octanol–water partition coefficient (Wildman–Crippen LogP) is 4.27. The van der Waals surface area contributed by atoms with Crippen LogP contribution in [-0.4, -0.2) is 66.5 Å². The molecule has 0 N–H and O–H groups in total. The zero-order valence-electron chi connectivity index (χ0n) is 19.5. The lowest BCUT2D eigenvalue weighted by atomic mass is 10.1. The predicted molar refractivity (Wildman–Crippen MR) is 126 cm³/mol. The SMILES string of the molecule is CCN(Cc1ccc(C(=O)N2CCCN(Cc3ccc(OC)cc3)CC2)cc1)C(C)C. The van der Waals surface area contributed by atoms with Gasteiger partial charge in [-0.05, 0) is 62.2 Å². The van der Waals surface area contributed by atoms with Crippen molar-refractivity contribution < 1.29 is 9.53 Å². The minimum atomic E-state index is 0.147. The van der Waals surface area contributed by atoms with Crippen LogP contribution in [-0.2, 0) is 13.1 Å². The molecule has 5 heteroatoms. The van der Waals surface area contributed by atoms with Crippen molar-refractivity contribution in [1.29, 1.82) is 0 Å². The fourth-order valence-corrected chi connectivity index (χ4v) is 4.15. The summed E-state index contributed by atoms with van der Waals surface area (Å²) in [5.74, 6) is 1.03. The fourth-order valence-electron chi connectivity index (χ4n) is 4.15. The van der Waals surface area contributed by atoms with Crippen molar-refractivity contribution in [3.05, 3.63) is 65.2 Å². The van der Waals surface area contributed by atoms with Crippen LogP contribution in [0.3, 0.4) is 0 Å². The first kappa shape index (κ1) is 23.3. The molecule has 31 heavy (non-hydrogen) atoms. The molecule has 3 rings (SSSR count). The number of carbonyl (C=O) groups excluding carboxylic acids is 1. The molecule has 1 amide bonds. The van der Waals surface area contributed by atoms with Gasteiger partial charge in [-0.1, -0.05) is 31.2 Å². The number of nitrogens with zero attached hydrogens (tertiary/aromatic N) is 3. The first-order chi connectivity index (χ1) is 15.0. The van der Waals surface area contributed by atoms with E-state index < -0.39 is 0 Å². The van der Waals surface area contributed by atoms with Crippen LogP contribution < -0.4 is 4.74 Å². The second-order valence-corrected chi connectivity index (χ2v) is 8.62. The minimum Gasteiger partial charge on any atom is -0.497 e. The van der Waals surface area contributed by atoms with Gasteiger partial charge in [-0.2, -0.15) is 0 Å². The van der Waals surface area contributed by atoms with Crippen molar-refractivity contribution in [2.75, 3.05) is 39.8 Å². The molecule has 0 spiro atoms. The van der Waals surface area contributed by atoms with E-state index in [9.17, 15) is 4.79 Å². The zero-order chi connectivity index (χ0) is 22.2. The Bertz CT molecular complexity index is 818. The zero-order valence-corrected chi connectivity index (χ0v) is 19.5. The number of amides is 1. The normalized spacial score (nSPS) is 15.4. The number of benzene rings is 2. The molecule has 1 fully saturated rings. The van der Waals surface area contributed by atoms with Gasteiger partial charge >= 0.3 is 0 Å². The topological polar surface area (TPSA) is 36.0 Å². The van der Waals surface area contributed by atoms with Gasteiger partial charge in [-0.3, -0.25) is 14.6 Å². The van der Waals surface area contributed by atoms with E-state index in [-0.39, 0.29) is 5.91 Å². The number of rotatable bonds is 8. The van der Waals surface area contributed by atoms with Crippen LogP contribution in [0.1, 0.15) is 48.7 Å². The lowest BCUT2D eigenvalue weighted by Gasteiger charge is -2.25. The Morgan fingerprint density at radius 2 is 1.65 bits per heavy atom. The molecule has 1 aliphatic heterocycles. The molecule has 0 bridgehead atoms. The van der Waals surface area contributed by atoms with Crippen LogP contribution in [0.2, 0.25) is 0 Å². The Balaban J connectivity index is 1.55. The molecule has 0 aliphatic carbocycles. The van der Waals surface area contributed by atoms with Gasteiger partial charge in [-0.25, -0.2) is 0 Å². The molecule has 0 unspecified atom stereocenters. The number of carbonyl (C=O) groups is 1. The van der Waals surface area contributed by atoms with Gasteiger partial charge in [0.2, 0.25) is 0 Å². The third-order valence-corrected chi connectivity index (χ3v) is 6.16. The van der Waals surface area contributed by atoms with E-state index in [0.717, 1.165) is 63.5 Å². The molecule has 1 saturated heterocycles. The van der Waals surface area contributed by atoms with Crippen molar-refractivity contribution in [3.63, 3.8) is 0 Å². The van der Waals surface area contributed by atoms with E-state index >= 15 is 0 Å². The molecule has 0 aromatic heterocycles. The third-order valence-electron chi connectivity index (χ3n) is 6.16. The number of hydrogen-bond donors (Lipinski definition) is 0. The van der Waals surface area contributed by atoms with Crippen LogP contribution in [0.15, 0.2) is 48.5 Å². The molecule has 0 radical (unpaired) electrons. The van der Waals surface area contributed by atoms with Crippen molar-refractivity contribution in [1.82, 2.24) is 14.7 Å². The summed E-state index contributed by atoms with van der Waals surface area (Å²) in [6.07, 6.45) is 1.000. The Kier molecular flexibility index (Phi) is 8.50. The highest BCUT2D eigenvalue weighted by Gasteiger charge is 2.20. The van der Waals surface area contributed by atoms with Crippen LogP contribution in [0.5, 0.6) is 5.75 Å². The first-order valence-electron chi connectivity index (χ1n) is 11.5. The third kappa shape index (κ3) is 6.55. The van der Waals surface area contributed by atoms with Crippen molar-refractivity contribution in [3.8, 4) is 5.75 Å². The molecule has 1 aliphatic rings. The van der Waals surface area contributed by atoms with E-state index in [2.05, 4.69) is 54.8 Å². The Hall–Kier alpha value is -2.37. The second-order valence-electron chi connectivity index (χ2n) is 8.62. The molecule has 2 aromatic rings. The summed E-state index contributed by atoms with van der Waals surface area (Å²) < 4.78 is 5.24. The van der Waals surface area contributed by atoms with Gasteiger partial charge in [0, 0.05) is 50.9 Å². The van der Waals surface area contributed by atoms with Crippen LogP contribution >= 0.6 is 0 Å². The molecule has 0 saturated carbocycles. The van der Waals surface area contributed by atoms with Crippen LogP contribution in [0.4, 0.5) is 0 Å². The maximum Gasteiger partial charge on any atom is 0.253 e. The van der Waals surface area contributed by atoms with Gasteiger partial charge in [0.15, 0.2) is 0 Å². The Morgan fingerprint density at radius 3 is 2.26 bits per heavy atom. The van der Waals surface area contributed by atoms with Gasteiger partial charge < -0.3 is 9.64 Å². The highest BCUT2D eigenvalue weighted by Crippen LogP contribution is 2.16. The summed E-state index contributed by atoms with van der Waals surface area (Å²) >= 11 is 0. The number of hydrogen-bond acceptors (Lipinski definition) is 4. The Labute approximate surface area is 187 Å². The van der Waals surface area contributed by atoms with Crippen molar-refractivity contribution in [2.45, 2.75) is 46.3 Å². The van der Waals surface area contributed by atoms with E-state index in [1.807, 2.05) is 29.2 Å². The summed E-state index contributed by atoms with van der Waals surface area (Å²) in [5, 5.41) is 0. The summed E-state index contributed by atoms with van der Waals surface area (Å²) in [5.41, 5.74) is 3.33. The lowest BCUT2D eigenvalue weighted by Crippen LogP contribution is -2.35. The number of methoxy groups -OCH3 is 1. The van der Waals surface area contributed by atoms with Crippen LogP contribution in [0, 0.1) is 0 Å². The quantitative estimate of drug-likeness (QED) is 0.635. The standard InChI is InChI=1S/C26H37N3O2/c1-5-28(21(2)3)20-23-7-11-24(12-8-23)26(30)29-16-6-15-27(17-18-29)19-22-9-13-25(31-4)14-10-22/h7-14,21H,5-6,15-20H2,1-4H3. The van der Waals surface area contributed by atoms with E-state index in [4.69, 9.17) is 4.74 Å². The minimum absolute atomic E-state index is 0.147. The summed E-state index contributed by atoms with van der Waals surface area (Å²) in [4.78, 5) is 19.9. The van der Waals surface area contributed by atoms with Crippen LogP contribution in [0.25, 0.3) is 0 Å². The first-order valence-corrected chi connectivity index (χ1v) is 11.5. The molecule has 0 atom stereocenters. The largest absolute Gasteiger partial charge is 0.497 e. The van der Waals surface area contributed by atoms with Gasteiger partial charge in [-0.15, -0.1) is 0 Å². The van der Waals surface area contributed by atoms with Crippen molar-refractivity contribution >= 4 is 5.91 Å². The number of ether oxygens (including phenoxy) is 1. The van der Waals surface area contributed by atoms with E-state index in [0.29, 0.717) is 6.04 Å².